The highest BCUT2D eigenvalue weighted by molar-refractivity contribution is 6.25. The quantitative estimate of drug-likeness (QED) is 0.188. The molecule has 4 nitrogen and oxygen atoms in total. The Morgan fingerprint density at radius 2 is 1.12 bits per heavy atom. The van der Waals surface area contributed by atoms with E-state index in [2.05, 4.69) is 157 Å². The molecule has 1 atom stereocenters. The lowest BCUT2D eigenvalue weighted by molar-refractivity contribution is 0.668. The van der Waals surface area contributed by atoms with Crippen LogP contribution in [0.1, 0.15) is 22.9 Å². The third kappa shape index (κ3) is 5.08. The van der Waals surface area contributed by atoms with Gasteiger partial charge in [-0.15, -0.1) is 0 Å². The molecule has 8 aromatic carbocycles. The second kappa shape index (κ2) is 12.0. The van der Waals surface area contributed by atoms with Gasteiger partial charge in [-0.05, 0) is 73.6 Å². The van der Waals surface area contributed by atoms with E-state index in [4.69, 9.17) is 14.4 Å². The molecule has 9 aromatic rings. The summed E-state index contributed by atoms with van der Waals surface area (Å²) in [7, 11) is 0. The van der Waals surface area contributed by atoms with Crippen molar-refractivity contribution in [1.82, 2.24) is 5.32 Å². The van der Waals surface area contributed by atoms with E-state index in [0.717, 1.165) is 61.0 Å². The molecule has 1 aliphatic rings. The number of nitrogens with one attached hydrogen (secondary N) is 1. The summed E-state index contributed by atoms with van der Waals surface area (Å²) in [4.78, 5) is 10.6. The SMILES string of the molecule is c1ccc(-c2ccc(-c3ccc4oc5ccccc5c4c3C3=NC(c4ccc5c(ccc6ccccc65)c4)=NC(c4ccccc4)N3)cc2)cc1. The fourth-order valence-corrected chi connectivity index (χ4v) is 7.44. The zero-order valence-corrected chi connectivity index (χ0v) is 27.6. The lowest BCUT2D eigenvalue weighted by Crippen LogP contribution is -2.34. The maximum Gasteiger partial charge on any atom is 0.159 e. The van der Waals surface area contributed by atoms with Crippen LogP contribution in [0.4, 0.5) is 0 Å². The minimum atomic E-state index is -0.345. The predicted octanol–water partition coefficient (Wildman–Crippen LogP) is 11.7. The summed E-state index contributed by atoms with van der Waals surface area (Å²) in [6.45, 7) is 0. The van der Waals surface area contributed by atoms with Gasteiger partial charge in [-0.1, -0.05) is 152 Å². The number of furan rings is 1. The minimum absolute atomic E-state index is 0.345. The molecule has 1 aliphatic heterocycles. The van der Waals surface area contributed by atoms with Gasteiger partial charge in [-0.2, -0.15) is 0 Å². The van der Waals surface area contributed by atoms with E-state index in [9.17, 15) is 0 Å². The normalized spacial score (nSPS) is 14.5. The summed E-state index contributed by atoms with van der Waals surface area (Å²) in [6, 6.07) is 61.6. The summed E-state index contributed by atoms with van der Waals surface area (Å²) in [5.41, 5.74) is 9.21. The van der Waals surface area contributed by atoms with Crippen molar-refractivity contribution in [3.05, 3.63) is 193 Å². The highest BCUT2D eigenvalue weighted by Gasteiger charge is 2.26. The van der Waals surface area contributed by atoms with Crippen molar-refractivity contribution in [2.75, 3.05) is 0 Å². The number of para-hydroxylation sites is 1. The van der Waals surface area contributed by atoms with E-state index in [0.29, 0.717) is 5.84 Å². The average Bonchev–Trinajstić information content (AvgIpc) is 3.59. The molecule has 0 fully saturated rings. The first-order valence-electron chi connectivity index (χ1n) is 17.3. The van der Waals surface area contributed by atoms with Gasteiger partial charge < -0.3 is 9.73 Å². The number of nitrogens with zero attached hydrogens (tertiary/aromatic N) is 2. The molecular formula is C47H31N3O. The Bertz CT molecular complexity index is 2820. The van der Waals surface area contributed by atoms with Crippen LogP contribution in [-0.4, -0.2) is 11.7 Å². The van der Waals surface area contributed by atoms with Gasteiger partial charge in [0.1, 0.15) is 23.2 Å². The number of benzene rings is 8. The van der Waals surface area contributed by atoms with Gasteiger partial charge >= 0.3 is 0 Å². The van der Waals surface area contributed by atoms with Crippen molar-refractivity contribution < 1.29 is 4.42 Å². The van der Waals surface area contributed by atoms with Gasteiger partial charge in [0.2, 0.25) is 0 Å². The summed E-state index contributed by atoms with van der Waals surface area (Å²) < 4.78 is 6.45. The Kier molecular flexibility index (Phi) is 6.85. The summed E-state index contributed by atoms with van der Waals surface area (Å²) in [5, 5.41) is 10.7. The number of aliphatic imine (C=N–C) groups is 2. The smallest absolute Gasteiger partial charge is 0.159 e. The fraction of sp³-hybridized carbons (Fsp3) is 0.0213. The molecule has 1 unspecified atom stereocenters. The Morgan fingerprint density at radius 3 is 1.96 bits per heavy atom. The third-order valence-corrected chi connectivity index (χ3v) is 9.94. The van der Waals surface area contributed by atoms with Gasteiger partial charge in [-0.25, -0.2) is 9.98 Å². The van der Waals surface area contributed by atoms with E-state index in [1.807, 2.05) is 24.3 Å². The predicted molar refractivity (Wildman–Crippen MR) is 211 cm³/mol. The summed E-state index contributed by atoms with van der Waals surface area (Å²) in [6.07, 6.45) is -0.345. The van der Waals surface area contributed by atoms with Crippen LogP contribution in [0.25, 0.3) is 65.7 Å². The van der Waals surface area contributed by atoms with E-state index < -0.39 is 0 Å². The van der Waals surface area contributed by atoms with Crippen molar-refractivity contribution in [3.63, 3.8) is 0 Å². The monoisotopic (exact) mass is 653 g/mol. The maximum atomic E-state index is 6.45. The van der Waals surface area contributed by atoms with Crippen LogP contribution >= 0.6 is 0 Å². The highest BCUT2D eigenvalue weighted by Crippen LogP contribution is 2.39. The Morgan fingerprint density at radius 1 is 0.471 bits per heavy atom. The standard InChI is InChI=1S/C47H31N3O/c1-3-11-30(12-4-1)31-19-21-33(22-20-31)39-27-28-42-43(40-17-9-10-18-41(40)51-42)44(39)47-49-45(34-14-5-2-6-15-34)48-46(50-47)36-25-26-38-35(29-36)24-23-32-13-7-8-16-37(32)38/h1-29,45H,(H,48,49,50). The first-order chi connectivity index (χ1) is 25.3. The van der Waals surface area contributed by atoms with E-state index >= 15 is 0 Å². The molecule has 240 valence electrons. The molecule has 10 rings (SSSR count). The van der Waals surface area contributed by atoms with E-state index in [1.54, 1.807) is 0 Å². The molecule has 4 heteroatoms. The van der Waals surface area contributed by atoms with Crippen molar-refractivity contribution in [2.24, 2.45) is 9.98 Å². The Balaban J connectivity index is 1.19. The Hall–Kier alpha value is -6.78. The second-order valence-corrected chi connectivity index (χ2v) is 13.0. The lowest BCUT2D eigenvalue weighted by Gasteiger charge is -2.25. The second-order valence-electron chi connectivity index (χ2n) is 13.0. The van der Waals surface area contributed by atoms with Gasteiger partial charge in [0.15, 0.2) is 5.84 Å². The van der Waals surface area contributed by atoms with Crippen LogP contribution in [0.3, 0.4) is 0 Å². The first kappa shape index (κ1) is 29.2. The van der Waals surface area contributed by atoms with Gasteiger partial charge in [0, 0.05) is 21.9 Å². The van der Waals surface area contributed by atoms with Crippen LogP contribution in [-0.2, 0) is 0 Å². The van der Waals surface area contributed by atoms with Crippen molar-refractivity contribution in [1.29, 1.82) is 0 Å². The van der Waals surface area contributed by atoms with Crippen LogP contribution in [0, 0.1) is 0 Å². The number of fused-ring (bicyclic) bond motifs is 6. The third-order valence-electron chi connectivity index (χ3n) is 9.94. The molecule has 1 N–H and O–H groups in total. The number of amidine groups is 2. The van der Waals surface area contributed by atoms with Gasteiger partial charge in [0.05, 0.1) is 0 Å². The lowest BCUT2D eigenvalue weighted by atomic mass is 9.92. The number of hydrogen-bond donors (Lipinski definition) is 1. The first-order valence-corrected chi connectivity index (χ1v) is 17.3. The largest absolute Gasteiger partial charge is 0.456 e. The molecule has 51 heavy (non-hydrogen) atoms. The number of hydrogen-bond acceptors (Lipinski definition) is 4. The van der Waals surface area contributed by atoms with Crippen LogP contribution < -0.4 is 5.32 Å². The van der Waals surface area contributed by atoms with Crippen molar-refractivity contribution in [2.45, 2.75) is 6.17 Å². The molecule has 0 radical (unpaired) electrons. The minimum Gasteiger partial charge on any atom is -0.456 e. The van der Waals surface area contributed by atoms with Crippen molar-refractivity contribution >= 4 is 55.2 Å². The topological polar surface area (TPSA) is 49.9 Å². The van der Waals surface area contributed by atoms with Crippen molar-refractivity contribution in [3.8, 4) is 22.3 Å². The summed E-state index contributed by atoms with van der Waals surface area (Å²) in [5.74, 6) is 1.44. The zero-order chi connectivity index (χ0) is 33.7. The van der Waals surface area contributed by atoms with Gasteiger partial charge in [0.25, 0.3) is 0 Å². The number of rotatable bonds is 5. The molecule has 2 heterocycles. The highest BCUT2D eigenvalue weighted by atomic mass is 16.3. The molecule has 0 amide bonds. The van der Waals surface area contributed by atoms with Gasteiger partial charge in [-0.3, -0.25) is 0 Å². The molecule has 0 saturated carbocycles. The zero-order valence-electron chi connectivity index (χ0n) is 27.6. The fourth-order valence-electron chi connectivity index (χ4n) is 7.44. The molecular weight excluding hydrogens is 623 g/mol. The Labute approximate surface area is 295 Å². The average molecular weight is 654 g/mol. The maximum absolute atomic E-state index is 6.45. The molecule has 0 spiro atoms. The van der Waals surface area contributed by atoms with E-state index in [1.165, 1.54) is 27.3 Å². The molecule has 1 aromatic heterocycles. The van der Waals surface area contributed by atoms with Crippen LogP contribution in [0.2, 0.25) is 0 Å². The molecule has 0 aliphatic carbocycles. The van der Waals surface area contributed by atoms with E-state index in [-0.39, 0.29) is 6.17 Å². The summed E-state index contributed by atoms with van der Waals surface area (Å²) >= 11 is 0. The van der Waals surface area contributed by atoms with Crippen LogP contribution in [0.15, 0.2) is 190 Å². The molecule has 0 bridgehead atoms. The van der Waals surface area contributed by atoms with Crippen LogP contribution in [0.5, 0.6) is 0 Å². The molecule has 0 saturated heterocycles.